The highest BCUT2D eigenvalue weighted by molar-refractivity contribution is 7.26. The van der Waals surface area contributed by atoms with E-state index in [9.17, 15) is 0 Å². The van der Waals surface area contributed by atoms with Gasteiger partial charge in [0.15, 0.2) is 0 Å². The van der Waals surface area contributed by atoms with Crippen LogP contribution in [0.5, 0.6) is 0 Å². The fourth-order valence-electron chi connectivity index (χ4n) is 9.32. The lowest BCUT2D eigenvalue weighted by Gasteiger charge is -2.26. The molecule has 1 heteroatoms. The van der Waals surface area contributed by atoms with Crippen molar-refractivity contribution in [3.05, 3.63) is 221 Å². The topological polar surface area (TPSA) is 0 Å². The molecule has 0 fully saturated rings. The first-order chi connectivity index (χ1) is 27.4. The van der Waals surface area contributed by atoms with E-state index in [1.807, 2.05) is 17.4 Å². The Morgan fingerprint density at radius 1 is 0.643 bits per heavy atom. The number of hydrogen-bond acceptors (Lipinski definition) is 1. The fraction of sp³-hybridized carbons (Fsp3) is 0.0909. The summed E-state index contributed by atoms with van der Waals surface area (Å²) >= 11 is 1.92. The summed E-state index contributed by atoms with van der Waals surface area (Å²) in [5.41, 5.74) is 12.1. The van der Waals surface area contributed by atoms with Crippen molar-refractivity contribution in [2.24, 2.45) is 0 Å². The Balaban J connectivity index is 1.29. The lowest BCUT2D eigenvalue weighted by atomic mass is 9.77. The van der Waals surface area contributed by atoms with E-state index >= 15 is 0 Å². The molecule has 56 heavy (non-hydrogen) atoms. The monoisotopic (exact) mass is 734 g/mol. The highest BCUT2D eigenvalue weighted by atomic mass is 32.1. The number of thiophene rings is 1. The van der Waals surface area contributed by atoms with Gasteiger partial charge in [-0.2, -0.15) is 0 Å². The largest absolute Gasteiger partial charge is 0.135 e. The van der Waals surface area contributed by atoms with Crippen LogP contribution < -0.4 is 10.4 Å². The van der Waals surface area contributed by atoms with Crippen LogP contribution in [0, 0.1) is 0 Å². The highest BCUT2D eigenvalue weighted by Gasteiger charge is 2.39. The van der Waals surface area contributed by atoms with Crippen molar-refractivity contribution in [2.45, 2.75) is 32.1 Å². The average molecular weight is 735 g/mol. The zero-order valence-corrected chi connectivity index (χ0v) is 32.7. The Labute approximate surface area is 332 Å². The lowest BCUT2D eigenvalue weighted by Crippen LogP contribution is -2.30. The Morgan fingerprint density at radius 3 is 2.21 bits per heavy atom. The standard InChI is InChI=1S/C55H42S/c1-5-36(39-29-28-37-18-10-11-19-38(37)33-39)32-35(2)40-20-8-6-7-9-21-43(42-23-13-12-22-41(40)42)48-34-49-45(30-31-46-44-24-15-17-27-51(44)56-54(46)49)52-47-25-14-16-26-50(47)55(3,4)53(48)52/h5,8-34H,1-2,6-7H2,3-4H3/b20-8+,21-9+,36-32+,41-40+,43-42+. The van der Waals surface area contributed by atoms with Crippen molar-refractivity contribution in [1.29, 1.82) is 0 Å². The molecule has 0 aliphatic heterocycles. The molecule has 0 amide bonds. The van der Waals surface area contributed by atoms with Crippen LogP contribution in [0.25, 0.3) is 69.6 Å². The van der Waals surface area contributed by atoms with Gasteiger partial charge in [0, 0.05) is 31.0 Å². The van der Waals surface area contributed by atoms with Crippen LogP contribution in [0.4, 0.5) is 0 Å². The van der Waals surface area contributed by atoms with Gasteiger partial charge < -0.3 is 0 Å². The zero-order valence-electron chi connectivity index (χ0n) is 31.9. The van der Waals surface area contributed by atoms with Crippen LogP contribution in [0.3, 0.4) is 0 Å². The summed E-state index contributed by atoms with van der Waals surface area (Å²) in [6.45, 7) is 13.8. The molecule has 7 aromatic carbocycles. The van der Waals surface area contributed by atoms with Crippen LogP contribution in [0.15, 0.2) is 189 Å². The maximum Gasteiger partial charge on any atom is 0.0434 e. The van der Waals surface area contributed by atoms with Gasteiger partial charge >= 0.3 is 0 Å². The zero-order chi connectivity index (χ0) is 38.0. The molecular weight excluding hydrogens is 693 g/mol. The number of allylic oxidation sites excluding steroid dienone is 8. The first-order valence-electron chi connectivity index (χ1n) is 19.6. The Bertz CT molecular complexity index is 3190. The van der Waals surface area contributed by atoms with Crippen LogP contribution >= 0.6 is 11.3 Å². The second kappa shape index (κ2) is 13.5. The van der Waals surface area contributed by atoms with E-state index in [-0.39, 0.29) is 5.41 Å². The second-order valence-corrected chi connectivity index (χ2v) is 16.7. The maximum atomic E-state index is 4.74. The van der Waals surface area contributed by atoms with E-state index in [1.54, 1.807) is 0 Å². The quantitative estimate of drug-likeness (QED) is 0.154. The van der Waals surface area contributed by atoms with Crippen molar-refractivity contribution in [2.75, 3.05) is 0 Å². The molecule has 8 aromatic rings. The Morgan fingerprint density at radius 2 is 1.36 bits per heavy atom. The summed E-state index contributed by atoms with van der Waals surface area (Å²) in [4.78, 5) is 0. The van der Waals surface area contributed by atoms with Crippen LogP contribution in [-0.4, -0.2) is 0 Å². The maximum absolute atomic E-state index is 4.74. The van der Waals surface area contributed by atoms with Crippen molar-refractivity contribution in [1.82, 2.24) is 0 Å². The van der Waals surface area contributed by atoms with Gasteiger partial charge in [-0.25, -0.2) is 0 Å². The smallest absolute Gasteiger partial charge is 0.0434 e. The summed E-state index contributed by atoms with van der Waals surface area (Å²) in [6, 6.07) is 49.3. The molecule has 0 radical (unpaired) electrons. The van der Waals surface area contributed by atoms with Gasteiger partial charge in [0.05, 0.1) is 0 Å². The summed E-state index contributed by atoms with van der Waals surface area (Å²) in [7, 11) is 0. The van der Waals surface area contributed by atoms with E-state index in [4.69, 9.17) is 6.58 Å². The molecule has 2 aliphatic rings. The van der Waals surface area contributed by atoms with Gasteiger partial charge in [0.2, 0.25) is 0 Å². The summed E-state index contributed by atoms with van der Waals surface area (Å²) in [5.74, 6) is 0. The number of hydrogen-bond donors (Lipinski definition) is 0. The van der Waals surface area contributed by atoms with Gasteiger partial charge in [-0.15, -0.1) is 11.3 Å². The first kappa shape index (κ1) is 34.2. The normalized spacial score (nSPS) is 18.1. The molecular formula is C55H42S. The van der Waals surface area contributed by atoms with Crippen LogP contribution in [0.1, 0.15) is 48.9 Å². The molecule has 2 aliphatic carbocycles. The summed E-state index contributed by atoms with van der Waals surface area (Å²) in [5, 5.41) is 10.1. The summed E-state index contributed by atoms with van der Waals surface area (Å²) < 4.78 is 2.68. The predicted molar refractivity (Wildman–Crippen MR) is 245 cm³/mol. The predicted octanol–water partition coefficient (Wildman–Crippen LogP) is 13.7. The molecule has 1 heterocycles. The van der Waals surface area contributed by atoms with Gasteiger partial charge in [0.25, 0.3) is 0 Å². The van der Waals surface area contributed by atoms with E-state index in [0.29, 0.717) is 0 Å². The van der Waals surface area contributed by atoms with Gasteiger partial charge in [-0.3, -0.25) is 0 Å². The van der Waals surface area contributed by atoms with E-state index < -0.39 is 0 Å². The molecule has 0 unspecified atom stereocenters. The van der Waals surface area contributed by atoms with Gasteiger partial charge in [-0.05, 0) is 119 Å². The third-order valence-electron chi connectivity index (χ3n) is 12.0. The fourth-order valence-corrected chi connectivity index (χ4v) is 10.5. The van der Waals surface area contributed by atoms with Gasteiger partial charge in [-0.1, -0.05) is 173 Å². The third kappa shape index (κ3) is 5.41. The number of benzene rings is 7. The minimum atomic E-state index is -0.201. The third-order valence-corrected chi connectivity index (χ3v) is 13.2. The Hall–Kier alpha value is -6.28. The van der Waals surface area contributed by atoms with Crippen molar-refractivity contribution in [3.63, 3.8) is 0 Å². The molecule has 0 nitrogen and oxygen atoms in total. The average Bonchev–Trinajstić information content (AvgIpc) is 3.73. The molecule has 1 aromatic heterocycles. The summed E-state index contributed by atoms with van der Waals surface area (Å²) in [6.07, 6.45) is 15.4. The number of rotatable bonds is 5. The molecule has 0 spiro atoms. The molecule has 0 atom stereocenters. The van der Waals surface area contributed by atoms with E-state index in [2.05, 4.69) is 184 Å². The van der Waals surface area contributed by atoms with E-state index in [1.165, 1.54) is 85.5 Å². The van der Waals surface area contributed by atoms with Crippen molar-refractivity contribution >= 4 is 69.8 Å². The Kier molecular flexibility index (Phi) is 8.24. The van der Waals surface area contributed by atoms with Crippen LogP contribution in [0.2, 0.25) is 0 Å². The van der Waals surface area contributed by atoms with Crippen molar-refractivity contribution < 1.29 is 0 Å². The molecule has 0 saturated heterocycles. The highest BCUT2D eigenvalue weighted by Crippen LogP contribution is 2.55. The molecule has 0 N–H and O–H groups in total. The minimum Gasteiger partial charge on any atom is -0.135 e. The molecule has 268 valence electrons. The SMILES string of the molecule is C=C/C(=C\C(=C)C1=c2\cccc\c2=C(c2cc3c(ccc4c5ccccc5sc34)c3c2C(C)(C)c2ccccc2-3)\C=C\CC\C=C\1)c1ccc2ccccc2c1. The van der Waals surface area contributed by atoms with E-state index in [0.717, 1.165) is 35.1 Å². The molecule has 10 rings (SSSR count). The second-order valence-electron chi connectivity index (χ2n) is 15.6. The van der Waals surface area contributed by atoms with Gasteiger partial charge in [0.1, 0.15) is 0 Å². The van der Waals surface area contributed by atoms with Crippen molar-refractivity contribution in [3.8, 4) is 11.1 Å². The minimum absolute atomic E-state index is 0.201. The molecule has 0 bridgehead atoms. The number of fused-ring (bicyclic) bond motifs is 11. The molecule has 0 saturated carbocycles. The lowest BCUT2D eigenvalue weighted by molar-refractivity contribution is 0.659. The van der Waals surface area contributed by atoms with Crippen LogP contribution in [-0.2, 0) is 5.41 Å². The first-order valence-corrected chi connectivity index (χ1v) is 20.4.